The van der Waals surface area contributed by atoms with Gasteiger partial charge >= 0.3 is 5.97 Å². The minimum absolute atomic E-state index is 0.158. The minimum Gasteiger partial charge on any atom is -0.508 e. The summed E-state index contributed by atoms with van der Waals surface area (Å²) >= 11 is 0. The van der Waals surface area contributed by atoms with Crippen molar-refractivity contribution in [3.8, 4) is 5.75 Å². The van der Waals surface area contributed by atoms with E-state index < -0.39 is 11.9 Å². The van der Waals surface area contributed by atoms with Gasteiger partial charge in [0.25, 0.3) is 0 Å². The number of phenolic OH excluding ortho intramolecular Hbond substituents is 1. The third-order valence-electron chi connectivity index (χ3n) is 3.39. The van der Waals surface area contributed by atoms with Crippen LogP contribution in [0.1, 0.15) is 12.5 Å². The smallest absolute Gasteiger partial charge is 0.306 e. The molecule has 1 fully saturated rings. The second-order valence-electron chi connectivity index (χ2n) is 4.86. The van der Waals surface area contributed by atoms with E-state index in [4.69, 9.17) is 9.84 Å². The molecule has 2 rings (SSSR count). The molecule has 1 aromatic rings. The molecule has 1 heterocycles. The first kappa shape index (κ1) is 13.7. The Hall–Kier alpha value is -1.75. The van der Waals surface area contributed by atoms with Gasteiger partial charge in [-0.25, -0.2) is 0 Å². The standard InChI is InChI=1S/C14H19NO4/c1-10(14(17)18)8-11-9-12(2-3-13(11)16)15-4-6-19-7-5-15/h2-3,9-10,16H,4-8H2,1H3,(H,17,18). The molecule has 5 heteroatoms. The third-order valence-corrected chi connectivity index (χ3v) is 3.39. The normalized spacial score (nSPS) is 17.2. The molecule has 104 valence electrons. The average molecular weight is 265 g/mol. The van der Waals surface area contributed by atoms with Gasteiger partial charge in [0.05, 0.1) is 19.1 Å². The van der Waals surface area contributed by atoms with Crippen molar-refractivity contribution in [3.63, 3.8) is 0 Å². The first-order chi connectivity index (χ1) is 9.08. The Morgan fingerprint density at radius 3 is 2.74 bits per heavy atom. The van der Waals surface area contributed by atoms with E-state index in [1.165, 1.54) is 0 Å². The molecule has 1 aliphatic rings. The summed E-state index contributed by atoms with van der Waals surface area (Å²) in [6.45, 7) is 4.67. The molecule has 0 saturated carbocycles. The number of nitrogens with zero attached hydrogens (tertiary/aromatic N) is 1. The van der Waals surface area contributed by atoms with Gasteiger partial charge in [0.2, 0.25) is 0 Å². The van der Waals surface area contributed by atoms with Gasteiger partial charge in [-0.05, 0) is 30.2 Å². The van der Waals surface area contributed by atoms with Gasteiger partial charge < -0.3 is 19.8 Å². The Bertz CT molecular complexity index is 455. The number of carbonyl (C=O) groups is 1. The molecule has 0 spiro atoms. The lowest BCUT2D eigenvalue weighted by atomic mass is 10.00. The Balaban J connectivity index is 2.16. The Morgan fingerprint density at radius 2 is 2.11 bits per heavy atom. The van der Waals surface area contributed by atoms with Crippen molar-refractivity contribution >= 4 is 11.7 Å². The summed E-state index contributed by atoms with van der Waals surface area (Å²) in [4.78, 5) is 13.1. The molecule has 0 aromatic heterocycles. The SMILES string of the molecule is CC(Cc1cc(N2CCOCC2)ccc1O)C(=O)O. The molecular weight excluding hydrogens is 246 g/mol. The fourth-order valence-electron chi connectivity index (χ4n) is 2.17. The molecule has 0 aliphatic carbocycles. The number of aliphatic carboxylic acids is 1. The van der Waals surface area contributed by atoms with Crippen LogP contribution in [-0.2, 0) is 16.0 Å². The molecule has 19 heavy (non-hydrogen) atoms. The zero-order valence-electron chi connectivity index (χ0n) is 11.0. The maximum atomic E-state index is 10.9. The third kappa shape index (κ3) is 3.38. The predicted octanol–water partition coefficient (Wildman–Crippen LogP) is 1.49. The lowest BCUT2D eigenvalue weighted by molar-refractivity contribution is -0.141. The van der Waals surface area contributed by atoms with E-state index in [2.05, 4.69) is 4.90 Å². The van der Waals surface area contributed by atoms with E-state index in [1.807, 2.05) is 12.1 Å². The van der Waals surface area contributed by atoms with Crippen LogP contribution < -0.4 is 4.90 Å². The van der Waals surface area contributed by atoms with Crippen LogP contribution in [0.5, 0.6) is 5.75 Å². The first-order valence-corrected chi connectivity index (χ1v) is 6.45. The summed E-state index contributed by atoms with van der Waals surface area (Å²) in [7, 11) is 0. The number of rotatable bonds is 4. The lowest BCUT2D eigenvalue weighted by Gasteiger charge is -2.29. The highest BCUT2D eigenvalue weighted by Gasteiger charge is 2.17. The number of phenols is 1. The molecule has 0 bridgehead atoms. The van der Waals surface area contributed by atoms with E-state index in [0.29, 0.717) is 25.2 Å². The van der Waals surface area contributed by atoms with Crippen molar-refractivity contribution in [2.45, 2.75) is 13.3 Å². The summed E-state index contributed by atoms with van der Waals surface area (Å²) < 4.78 is 5.30. The highest BCUT2D eigenvalue weighted by atomic mass is 16.5. The molecule has 1 unspecified atom stereocenters. The largest absolute Gasteiger partial charge is 0.508 e. The number of ether oxygens (including phenoxy) is 1. The van der Waals surface area contributed by atoms with Crippen molar-refractivity contribution in [2.24, 2.45) is 5.92 Å². The van der Waals surface area contributed by atoms with Gasteiger partial charge in [-0.15, -0.1) is 0 Å². The number of benzene rings is 1. The first-order valence-electron chi connectivity index (χ1n) is 6.45. The number of anilines is 1. The van der Waals surface area contributed by atoms with E-state index in [0.717, 1.165) is 18.8 Å². The highest BCUT2D eigenvalue weighted by Crippen LogP contribution is 2.27. The van der Waals surface area contributed by atoms with Crippen LogP contribution in [0, 0.1) is 5.92 Å². The highest BCUT2D eigenvalue weighted by molar-refractivity contribution is 5.70. The Morgan fingerprint density at radius 1 is 1.42 bits per heavy atom. The average Bonchev–Trinajstić information content (AvgIpc) is 2.42. The number of carboxylic acids is 1. The fourth-order valence-corrected chi connectivity index (χ4v) is 2.17. The zero-order valence-corrected chi connectivity index (χ0v) is 11.0. The zero-order chi connectivity index (χ0) is 13.8. The van der Waals surface area contributed by atoms with Gasteiger partial charge in [0.1, 0.15) is 5.75 Å². The second-order valence-corrected chi connectivity index (χ2v) is 4.86. The van der Waals surface area contributed by atoms with Crippen LogP contribution in [0.3, 0.4) is 0 Å². The van der Waals surface area contributed by atoms with Crippen LogP contribution in [0.4, 0.5) is 5.69 Å². The number of hydrogen-bond donors (Lipinski definition) is 2. The van der Waals surface area contributed by atoms with Crippen molar-refractivity contribution in [2.75, 3.05) is 31.2 Å². The predicted molar refractivity (Wildman–Crippen MR) is 71.6 cm³/mol. The maximum absolute atomic E-state index is 10.9. The maximum Gasteiger partial charge on any atom is 0.306 e. The molecule has 1 atom stereocenters. The minimum atomic E-state index is -0.851. The number of aromatic hydroxyl groups is 1. The van der Waals surface area contributed by atoms with Crippen LogP contribution in [-0.4, -0.2) is 42.5 Å². The lowest BCUT2D eigenvalue weighted by Crippen LogP contribution is -2.36. The molecule has 0 radical (unpaired) electrons. The van der Waals surface area contributed by atoms with Crippen molar-refractivity contribution in [1.82, 2.24) is 0 Å². The molecule has 5 nitrogen and oxygen atoms in total. The quantitative estimate of drug-likeness (QED) is 0.863. The molecule has 1 aliphatic heterocycles. The van der Waals surface area contributed by atoms with Crippen LogP contribution in [0.25, 0.3) is 0 Å². The summed E-state index contributed by atoms with van der Waals surface area (Å²) in [5.41, 5.74) is 1.69. The van der Waals surface area contributed by atoms with Crippen molar-refractivity contribution < 1.29 is 19.7 Å². The van der Waals surface area contributed by atoms with Gasteiger partial charge in [-0.3, -0.25) is 4.79 Å². The van der Waals surface area contributed by atoms with E-state index in [1.54, 1.807) is 13.0 Å². The van der Waals surface area contributed by atoms with Crippen molar-refractivity contribution in [3.05, 3.63) is 23.8 Å². The number of hydrogen-bond acceptors (Lipinski definition) is 4. The summed E-state index contributed by atoms with van der Waals surface area (Å²) in [5, 5.41) is 18.8. The molecular formula is C14H19NO4. The van der Waals surface area contributed by atoms with Gasteiger partial charge in [-0.2, -0.15) is 0 Å². The monoisotopic (exact) mass is 265 g/mol. The number of morpholine rings is 1. The molecule has 1 saturated heterocycles. The summed E-state index contributed by atoms with van der Waals surface area (Å²) in [5.74, 6) is -1.20. The van der Waals surface area contributed by atoms with Crippen LogP contribution in [0.15, 0.2) is 18.2 Å². The Labute approximate surface area is 112 Å². The van der Waals surface area contributed by atoms with E-state index in [9.17, 15) is 9.90 Å². The summed E-state index contributed by atoms with van der Waals surface area (Å²) in [6, 6.07) is 5.37. The van der Waals surface area contributed by atoms with Gasteiger partial charge in [0.15, 0.2) is 0 Å². The van der Waals surface area contributed by atoms with E-state index in [-0.39, 0.29) is 5.75 Å². The molecule has 1 aromatic carbocycles. The fraction of sp³-hybridized carbons (Fsp3) is 0.500. The Kier molecular flexibility index (Phi) is 4.27. The van der Waals surface area contributed by atoms with Gasteiger partial charge in [-0.1, -0.05) is 6.92 Å². The van der Waals surface area contributed by atoms with Crippen LogP contribution in [0.2, 0.25) is 0 Å². The topological polar surface area (TPSA) is 70.0 Å². The molecule has 0 amide bonds. The van der Waals surface area contributed by atoms with Gasteiger partial charge in [0, 0.05) is 18.8 Å². The van der Waals surface area contributed by atoms with Crippen molar-refractivity contribution in [1.29, 1.82) is 0 Å². The second kappa shape index (κ2) is 5.93. The summed E-state index contributed by atoms with van der Waals surface area (Å²) in [6.07, 6.45) is 0.333. The van der Waals surface area contributed by atoms with E-state index >= 15 is 0 Å². The number of carboxylic acid groups (broad SMARTS) is 1. The van der Waals surface area contributed by atoms with Crippen LogP contribution >= 0.6 is 0 Å². The molecule has 2 N–H and O–H groups in total.